The Hall–Kier alpha value is -0.690. The van der Waals surface area contributed by atoms with Crippen LogP contribution in [0.3, 0.4) is 0 Å². The molecule has 76 valence electrons. The quantitative estimate of drug-likeness (QED) is 0.636. The highest BCUT2D eigenvalue weighted by atomic mass is 35.5. The Morgan fingerprint density at radius 3 is 2.64 bits per heavy atom. The summed E-state index contributed by atoms with van der Waals surface area (Å²) in [5.41, 5.74) is 2.57. The molecule has 0 saturated heterocycles. The van der Waals surface area contributed by atoms with Gasteiger partial charge in [-0.2, -0.15) is 0 Å². The van der Waals surface area contributed by atoms with Gasteiger partial charge in [0.2, 0.25) is 0 Å². The largest absolute Gasteiger partial charge is 0.493 e. The highest BCUT2D eigenvalue weighted by Gasteiger charge is 2.25. The average molecular weight is 211 g/mol. The minimum absolute atomic E-state index is 0.0966. The van der Waals surface area contributed by atoms with Crippen molar-refractivity contribution < 1.29 is 4.74 Å². The fraction of sp³-hybridized carbons (Fsp3) is 0.500. The van der Waals surface area contributed by atoms with Crippen LogP contribution in [-0.2, 0) is 11.8 Å². The van der Waals surface area contributed by atoms with Gasteiger partial charge in [0.25, 0.3) is 0 Å². The molecule has 1 aromatic rings. The van der Waals surface area contributed by atoms with Crippen molar-refractivity contribution in [2.45, 2.75) is 32.6 Å². The summed E-state index contributed by atoms with van der Waals surface area (Å²) in [6.45, 7) is 7.33. The second kappa shape index (κ2) is 3.16. The first-order valence-corrected chi connectivity index (χ1v) is 5.32. The van der Waals surface area contributed by atoms with E-state index >= 15 is 0 Å². The Balaban J connectivity index is 2.60. The van der Waals surface area contributed by atoms with Crippen LogP contribution < -0.4 is 4.74 Å². The Kier molecular flexibility index (Phi) is 2.23. The first-order chi connectivity index (χ1) is 6.48. The van der Waals surface area contributed by atoms with E-state index in [1.165, 1.54) is 11.1 Å². The van der Waals surface area contributed by atoms with Crippen molar-refractivity contribution in [3.63, 3.8) is 0 Å². The van der Waals surface area contributed by atoms with E-state index in [1.54, 1.807) is 0 Å². The van der Waals surface area contributed by atoms with Gasteiger partial charge in [0, 0.05) is 17.0 Å². The molecule has 1 aromatic carbocycles. The van der Waals surface area contributed by atoms with Crippen LogP contribution in [0, 0.1) is 0 Å². The lowest BCUT2D eigenvalue weighted by atomic mass is 9.85. The fourth-order valence-electron chi connectivity index (χ4n) is 1.83. The maximum atomic E-state index is 6.08. The number of fused-ring (bicyclic) bond motifs is 1. The molecule has 0 atom stereocenters. The molecule has 0 unspecified atom stereocenters. The summed E-state index contributed by atoms with van der Waals surface area (Å²) in [5, 5.41) is 0.819. The normalized spacial score (nSPS) is 15.1. The summed E-state index contributed by atoms with van der Waals surface area (Å²) in [7, 11) is 0. The zero-order chi connectivity index (χ0) is 10.3. The van der Waals surface area contributed by atoms with Crippen molar-refractivity contribution in [3.8, 4) is 5.75 Å². The van der Waals surface area contributed by atoms with Gasteiger partial charge in [-0.3, -0.25) is 0 Å². The van der Waals surface area contributed by atoms with Crippen molar-refractivity contribution in [3.05, 3.63) is 28.3 Å². The predicted molar refractivity (Wildman–Crippen MR) is 59.4 cm³/mol. The van der Waals surface area contributed by atoms with Gasteiger partial charge in [-0.1, -0.05) is 32.4 Å². The summed E-state index contributed by atoms with van der Waals surface area (Å²) in [4.78, 5) is 0. The Bertz CT molecular complexity index is 363. The Morgan fingerprint density at radius 1 is 1.29 bits per heavy atom. The van der Waals surface area contributed by atoms with Crippen molar-refractivity contribution in [1.82, 2.24) is 0 Å². The maximum absolute atomic E-state index is 6.08. The minimum Gasteiger partial charge on any atom is -0.493 e. The van der Waals surface area contributed by atoms with Crippen LogP contribution in [0.15, 0.2) is 12.1 Å². The summed E-state index contributed by atoms with van der Waals surface area (Å²) >= 11 is 6.08. The maximum Gasteiger partial charge on any atom is 0.126 e. The Morgan fingerprint density at radius 2 is 2.00 bits per heavy atom. The molecule has 0 aromatic heterocycles. The fourth-order valence-corrected chi connectivity index (χ4v) is 2.07. The van der Waals surface area contributed by atoms with Crippen LogP contribution in [-0.4, -0.2) is 6.61 Å². The van der Waals surface area contributed by atoms with Crippen LogP contribution >= 0.6 is 11.6 Å². The average Bonchev–Trinajstić information content (AvgIpc) is 2.47. The second-order valence-corrected chi connectivity index (χ2v) is 5.23. The molecular formula is C12H15ClO. The first kappa shape index (κ1) is 9.85. The molecule has 2 rings (SSSR count). The Labute approximate surface area is 90.0 Å². The molecule has 0 amide bonds. The van der Waals surface area contributed by atoms with E-state index in [0.29, 0.717) is 0 Å². The molecule has 1 aliphatic rings. The molecule has 0 fully saturated rings. The van der Waals surface area contributed by atoms with Gasteiger partial charge in [-0.05, 0) is 23.1 Å². The number of hydrogen-bond acceptors (Lipinski definition) is 1. The van der Waals surface area contributed by atoms with Gasteiger partial charge < -0.3 is 4.74 Å². The van der Waals surface area contributed by atoms with Gasteiger partial charge in [-0.15, -0.1) is 0 Å². The van der Waals surface area contributed by atoms with Crippen LogP contribution in [0.2, 0.25) is 5.02 Å². The summed E-state index contributed by atoms with van der Waals surface area (Å²) in [5.74, 6) is 1.06. The van der Waals surface area contributed by atoms with E-state index < -0.39 is 0 Å². The highest BCUT2D eigenvalue weighted by Crippen LogP contribution is 2.39. The third-order valence-corrected chi connectivity index (χ3v) is 2.77. The van der Waals surface area contributed by atoms with Gasteiger partial charge >= 0.3 is 0 Å². The number of rotatable bonds is 0. The molecule has 0 N–H and O–H groups in total. The topological polar surface area (TPSA) is 9.23 Å². The number of ether oxygens (including phenoxy) is 1. The molecule has 14 heavy (non-hydrogen) atoms. The lowest BCUT2D eigenvalue weighted by molar-refractivity contribution is 0.347. The second-order valence-electron chi connectivity index (χ2n) is 4.79. The molecule has 2 heteroatoms. The van der Waals surface area contributed by atoms with Gasteiger partial charge in [0.15, 0.2) is 0 Å². The molecule has 0 bridgehead atoms. The molecule has 1 heterocycles. The molecular weight excluding hydrogens is 196 g/mol. The van der Waals surface area contributed by atoms with Gasteiger partial charge in [-0.25, -0.2) is 0 Å². The number of benzene rings is 1. The number of halogens is 1. The highest BCUT2D eigenvalue weighted by molar-refractivity contribution is 6.30. The molecule has 0 spiro atoms. The molecule has 0 saturated carbocycles. The summed E-state index contributed by atoms with van der Waals surface area (Å²) < 4.78 is 5.65. The van der Waals surface area contributed by atoms with E-state index in [0.717, 1.165) is 23.8 Å². The van der Waals surface area contributed by atoms with Crippen molar-refractivity contribution in [2.75, 3.05) is 6.61 Å². The van der Waals surface area contributed by atoms with E-state index in [1.807, 2.05) is 12.1 Å². The van der Waals surface area contributed by atoms with Gasteiger partial charge in [0.05, 0.1) is 6.61 Å². The van der Waals surface area contributed by atoms with Crippen LogP contribution in [0.1, 0.15) is 31.9 Å². The zero-order valence-electron chi connectivity index (χ0n) is 8.86. The van der Waals surface area contributed by atoms with E-state index in [2.05, 4.69) is 20.8 Å². The SMILES string of the molecule is CC(C)(C)c1cc(Cl)cc2c1OCC2. The molecule has 0 radical (unpaired) electrons. The molecule has 1 aliphatic heterocycles. The van der Waals surface area contributed by atoms with Gasteiger partial charge in [0.1, 0.15) is 5.75 Å². The van der Waals surface area contributed by atoms with Crippen LogP contribution in [0.25, 0.3) is 0 Å². The standard InChI is InChI=1S/C12H15ClO/c1-12(2,3)10-7-9(13)6-8-4-5-14-11(8)10/h6-7H,4-5H2,1-3H3. The predicted octanol–water partition coefficient (Wildman–Crippen LogP) is 3.57. The van der Waals surface area contributed by atoms with Crippen molar-refractivity contribution in [2.24, 2.45) is 0 Å². The lowest BCUT2D eigenvalue weighted by Gasteiger charge is -2.22. The van der Waals surface area contributed by atoms with Crippen LogP contribution in [0.5, 0.6) is 5.75 Å². The van der Waals surface area contributed by atoms with E-state index in [-0.39, 0.29) is 5.41 Å². The summed E-state index contributed by atoms with van der Waals surface area (Å²) in [6, 6.07) is 4.03. The minimum atomic E-state index is 0.0966. The van der Waals surface area contributed by atoms with E-state index in [9.17, 15) is 0 Å². The van der Waals surface area contributed by atoms with Crippen molar-refractivity contribution in [1.29, 1.82) is 0 Å². The first-order valence-electron chi connectivity index (χ1n) is 4.94. The smallest absolute Gasteiger partial charge is 0.126 e. The zero-order valence-corrected chi connectivity index (χ0v) is 9.61. The monoisotopic (exact) mass is 210 g/mol. The number of hydrogen-bond donors (Lipinski definition) is 0. The summed E-state index contributed by atoms with van der Waals surface area (Å²) in [6.07, 6.45) is 0.985. The van der Waals surface area contributed by atoms with Crippen LogP contribution in [0.4, 0.5) is 0 Å². The molecule has 1 nitrogen and oxygen atoms in total. The molecule has 0 aliphatic carbocycles. The van der Waals surface area contributed by atoms with E-state index in [4.69, 9.17) is 16.3 Å². The lowest BCUT2D eigenvalue weighted by Crippen LogP contribution is -2.12. The van der Waals surface area contributed by atoms with Crippen molar-refractivity contribution >= 4 is 11.6 Å². The third-order valence-electron chi connectivity index (χ3n) is 2.56. The third kappa shape index (κ3) is 1.61.